The maximum absolute atomic E-state index is 12.6. The number of ketones is 1. The van der Waals surface area contributed by atoms with E-state index in [0.717, 1.165) is 0 Å². The van der Waals surface area contributed by atoms with Crippen molar-refractivity contribution in [1.29, 1.82) is 0 Å². The molecular formula is C20H19NO6. The van der Waals surface area contributed by atoms with Crippen LogP contribution in [0, 0.1) is 0 Å². The Balaban J connectivity index is 2.21. The lowest BCUT2D eigenvalue weighted by atomic mass is 9.95. The van der Waals surface area contributed by atoms with E-state index in [0.29, 0.717) is 11.1 Å². The fourth-order valence-electron chi connectivity index (χ4n) is 3.18. The highest BCUT2D eigenvalue weighted by molar-refractivity contribution is 6.46. The number of phenolic OH excluding ortho intramolecular Hbond substituents is 1. The van der Waals surface area contributed by atoms with Gasteiger partial charge in [-0.25, -0.2) is 0 Å². The van der Waals surface area contributed by atoms with Crippen molar-refractivity contribution in [1.82, 2.24) is 4.90 Å². The summed E-state index contributed by atoms with van der Waals surface area (Å²) in [5.41, 5.74) is 0.789. The van der Waals surface area contributed by atoms with Crippen LogP contribution in [-0.2, 0) is 9.59 Å². The Labute approximate surface area is 155 Å². The molecule has 1 amide bonds. The highest BCUT2D eigenvalue weighted by Gasteiger charge is 2.46. The molecule has 2 aromatic rings. The minimum Gasteiger partial charge on any atom is -0.507 e. The summed E-state index contributed by atoms with van der Waals surface area (Å²) in [4.78, 5) is 26.3. The molecule has 7 heteroatoms. The topological polar surface area (TPSA) is 107 Å². The lowest BCUT2D eigenvalue weighted by Crippen LogP contribution is -2.32. The number of likely N-dealkylation sites (tertiary alicyclic amines) is 1. The molecule has 0 aromatic heterocycles. The first-order valence-electron chi connectivity index (χ1n) is 8.31. The maximum atomic E-state index is 12.6. The number of amides is 1. The van der Waals surface area contributed by atoms with Crippen molar-refractivity contribution in [3.8, 4) is 11.5 Å². The van der Waals surface area contributed by atoms with Crippen LogP contribution in [0.5, 0.6) is 11.5 Å². The lowest BCUT2D eigenvalue weighted by molar-refractivity contribution is -0.140. The minimum atomic E-state index is -0.910. The molecule has 1 aliphatic rings. The number of nitrogens with zero attached hydrogens (tertiary/aromatic N) is 1. The molecule has 3 rings (SSSR count). The quantitative estimate of drug-likeness (QED) is 0.422. The summed E-state index contributed by atoms with van der Waals surface area (Å²) in [6.07, 6.45) is 0. The summed E-state index contributed by atoms with van der Waals surface area (Å²) in [7, 11) is 1.38. The van der Waals surface area contributed by atoms with Gasteiger partial charge in [-0.2, -0.15) is 0 Å². The van der Waals surface area contributed by atoms with Gasteiger partial charge in [-0.15, -0.1) is 0 Å². The van der Waals surface area contributed by atoms with E-state index in [9.17, 15) is 24.9 Å². The molecular weight excluding hydrogens is 350 g/mol. The van der Waals surface area contributed by atoms with Gasteiger partial charge in [0.1, 0.15) is 5.76 Å². The predicted molar refractivity (Wildman–Crippen MR) is 97.2 cm³/mol. The van der Waals surface area contributed by atoms with Crippen LogP contribution in [0.4, 0.5) is 0 Å². The SMILES string of the molecule is COc1cc([C@@H]2/C(=C(\O)c3ccccc3)C(=O)C(=O)N2CCO)ccc1O. The largest absolute Gasteiger partial charge is 0.507 e. The van der Waals surface area contributed by atoms with Crippen LogP contribution in [-0.4, -0.2) is 52.2 Å². The van der Waals surface area contributed by atoms with E-state index in [1.165, 1.54) is 30.2 Å². The number of rotatable bonds is 5. The molecule has 140 valence electrons. The number of Topliss-reactive ketones (excluding diaryl/α,β-unsaturated/α-hetero) is 1. The predicted octanol–water partition coefficient (Wildman–Crippen LogP) is 1.81. The number of carbonyl (C=O) groups is 2. The maximum Gasteiger partial charge on any atom is 0.295 e. The summed E-state index contributed by atoms with van der Waals surface area (Å²) in [5, 5.41) is 29.9. The van der Waals surface area contributed by atoms with Gasteiger partial charge < -0.3 is 25.0 Å². The number of aromatic hydroxyl groups is 1. The number of aliphatic hydroxyl groups is 2. The summed E-state index contributed by atoms with van der Waals surface area (Å²) in [5.74, 6) is -1.86. The molecule has 0 saturated carbocycles. The van der Waals surface area contributed by atoms with E-state index < -0.39 is 17.7 Å². The van der Waals surface area contributed by atoms with Crippen LogP contribution in [0.15, 0.2) is 54.1 Å². The van der Waals surface area contributed by atoms with E-state index in [2.05, 4.69) is 0 Å². The van der Waals surface area contributed by atoms with Gasteiger partial charge in [0.25, 0.3) is 11.7 Å². The van der Waals surface area contributed by atoms with Gasteiger partial charge in [0, 0.05) is 12.1 Å². The Bertz CT molecular complexity index is 906. The van der Waals surface area contributed by atoms with Crippen molar-refractivity contribution in [2.45, 2.75) is 6.04 Å². The first kappa shape index (κ1) is 18.5. The second-order valence-corrected chi connectivity index (χ2v) is 6.01. The zero-order valence-corrected chi connectivity index (χ0v) is 14.6. The molecule has 2 aromatic carbocycles. The van der Waals surface area contributed by atoms with Gasteiger partial charge in [-0.3, -0.25) is 9.59 Å². The highest BCUT2D eigenvalue weighted by Crippen LogP contribution is 2.41. The molecule has 1 heterocycles. The number of carbonyl (C=O) groups excluding carboxylic acids is 2. The second-order valence-electron chi connectivity index (χ2n) is 6.01. The van der Waals surface area contributed by atoms with Crippen LogP contribution >= 0.6 is 0 Å². The van der Waals surface area contributed by atoms with Crippen molar-refractivity contribution in [2.75, 3.05) is 20.3 Å². The van der Waals surface area contributed by atoms with Crippen molar-refractivity contribution in [3.05, 3.63) is 65.2 Å². The normalized spacial score (nSPS) is 18.7. The van der Waals surface area contributed by atoms with Crippen molar-refractivity contribution in [2.24, 2.45) is 0 Å². The molecule has 27 heavy (non-hydrogen) atoms. The fraction of sp³-hybridized carbons (Fsp3) is 0.200. The van der Waals surface area contributed by atoms with Crippen LogP contribution in [0.25, 0.3) is 5.76 Å². The van der Waals surface area contributed by atoms with E-state index in [1.54, 1.807) is 30.3 Å². The molecule has 0 unspecified atom stereocenters. The van der Waals surface area contributed by atoms with Crippen LogP contribution in [0.2, 0.25) is 0 Å². The number of ether oxygens (including phenoxy) is 1. The molecule has 1 saturated heterocycles. The number of hydrogen-bond acceptors (Lipinski definition) is 6. The first-order valence-corrected chi connectivity index (χ1v) is 8.31. The number of benzene rings is 2. The molecule has 0 aliphatic carbocycles. The Morgan fingerprint density at radius 2 is 1.85 bits per heavy atom. The van der Waals surface area contributed by atoms with E-state index in [-0.39, 0.29) is 36.0 Å². The summed E-state index contributed by atoms with van der Waals surface area (Å²) in [6.45, 7) is -0.423. The molecule has 0 radical (unpaired) electrons. The monoisotopic (exact) mass is 369 g/mol. The molecule has 3 N–H and O–H groups in total. The zero-order valence-electron chi connectivity index (χ0n) is 14.6. The number of hydrogen-bond donors (Lipinski definition) is 3. The van der Waals surface area contributed by atoms with Gasteiger partial charge in [0.2, 0.25) is 0 Å². The number of methoxy groups -OCH3 is 1. The fourth-order valence-corrected chi connectivity index (χ4v) is 3.18. The Hall–Kier alpha value is -3.32. The smallest absolute Gasteiger partial charge is 0.295 e. The van der Waals surface area contributed by atoms with Crippen LogP contribution < -0.4 is 4.74 Å². The third-order valence-corrected chi connectivity index (χ3v) is 4.45. The van der Waals surface area contributed by atoms with E-state index >= 15 is 0 Å². The van der Waals surface area contributed by atoms with Crippen LogP contribution in [0.3, 0.4) is 0 Å². The highest BCUT2D eigenvalue weighted by atomic mass is 16.5. The lowest BCUT2D eigenvalue weighted by Gasteiger charge is -2.25. The van der Waals surface area contributed by atoms with Crippen molar-refractivity contribution >= 4 is 17.4 Å². The first-order chi connectivity index (χ1) is 13.0. The van der Waals surface area contributed by atoms with Crippen LogP contribution in [0.1, 0.15) is 17.2 Å². The van der Waals surface area contributed by atoms with Gasteiger partial charge >= 0.3 is 0 Å². The standard InChI is InChI=1S/C20H19NO6/c1-27-15-11-13(7-8-14(15)23)17-16(18(24)12-5-3-2-4-6-12)19(25)20(26)21(17)9-10-22/h2-8,11,17,22-24H,9-10H2,1H3/b18-16+/t17-/m1/s1. The van der Waals surface area contributed by atoms with Crippen molar-refractivity contribution < 1.29 is 29.6 Å². The van der Waals surface area contributed by atoms with Gasteiger partial charge in [-0.05, 0) is 17.7 Å². The molecule has 1 aliphatic heterocycles. The Morgan fingerprint density at radius 1 is 1.15 bits per heavy atom. The van der Waals surface area contributed by atoms with Gasteiger partial charge in [-0.1, -0.05) is 36.4 Å². The number of β-amino-alcohol motifs (C(OH)–C–C–N with tert-alkyl or cyclic N) is 1. The average Bonchev–Trinajstić information content (AvgIpc) is 2.94. The summed E-state index contributed by atoms with van der Waals surface area (Å²) >= 11 is 0. The minimum absolute atomic E-state index is 0.0765. The molecule has 1 atom stereocenters. The van der Waals surface area contributed by atoms with Gasteiger partial charge in [0.05, 0.1) is 25.3 Å². The molecule has 0 spiro atoms. The third kappa shape index (κ3) is 3.24. The zero-order chi connectivity index (χ0) is 19.6. The summed E-state index contributed by atoms with van der Waals surface area (Å²) in [6, 6.07) is 11.9. The number of aliphatic hydroxyl groups excluding tert-OH is 2. The van der Waals surface area contributed by atoms with E-state index in [1.807, 2.05) is 0 Å². The Morgan fingerprint density at radius 3 is 2.48 bits per heavy atom. The van der Waals surface area contributed by atoms with Gasteiger partial charge in [0.15, 0.2) is 11.5 Å². The number of phenols is 1. The Kier molecular flexibility index (Phi) is 5.14. The second kappa shape index (κ2) is 7.51. The third-order valence-electron chi connectivity index (χ3n) is 4.45. The molecule has 0 bridgehead atoms. The molecule has 1 fully saturated rings. The van der Waals surface area contributed by atoms with E-state index in [4.69, 9.17) is 4.74 Å². The molecule has 7 nitrogen and oxygen atoms in total. The average molecular weight is 369 g/mol. The summed E-state index contributed by atoms with van der Waals surface area (Å²) < 4.78 is 5.11. The van der Waals surface area contributed by atoms with Crippen molar-refractivity contribution in [3.63, 3.8) is 0 Å².